The molecule has 0 aliphatic rings. The molecule has 0 aliphatic heterocycles. The van der Waals surface area contributed by atoms with Gasteiger partial charge >= 0.3 is 0 Å². The van der Waals surface area contributed by atoms with Gasteiger partial charge in [0.2, 0.25) is 0 Å². The Hall–Kier alpha value is -0.160. The molecule has 4 N–H and O–H groups in total. The van der Waals surface area contributed by atoms with Gasteiger partial charge in [0.1, 0.15) is 0 Å². The Morgan fingerprint density at radius 2 is 0.720 bits per heavy atom. The van der Waals surface area contributed by atoms with Crippen LogP contribution in [0.1, 0.15) is 73.6 Å². The van der Waals surface area contributed by atoms with Crippen molar-refractivity contribution in [1.29, 1.82) is 0 Å². The van der Waals surface area contributed by atoms with E-state index in [2.05, 4.69) is 49.0 Å². The lowest BCUT2D eigenvalue weighted by Gasteiger charge is -2.09. The van der Waals surface area contributed by atoms with Crippen molar-refractivity contribution in [3.05, 3.63) is 0 Å². The Labute approximate surface area is 159 Å². The quantitative estimate of drug-likeness (QED) is 0.266. The first kappa shape index (κ1) is 27.1. The monoisotopic (exact) mass is 358 g/mol. The summed E-state index contributed by atoms with van der Waals surface area (Å²) in [6.07, 6.45) is 7.60. The summed E-state index contributed by atoms with van der Waals surface area (Å²) in [6.45, 7) is 18.3. The van der Waals surface area contributed by atoms with Crippen molar-refractivity contribution >= 4 is 0 Å². The second-order valence-corrected chi connectivity index (χ2v) is 7.78. The highest BCUT2D eigenvalue weighted by Crippen LogP contribution is 1.96. The molecular weight excluding hydrogens is 308 g/mol. The van der Waals surface area contributed by atoms with Crippen molar-refractivity contribution in [3.63, 3.8) is 0 Å². The third-order valence-electron chi connectivity index (χ3n) is 4.17. The number of nitrogens with one attached hydrogen (secondary N) is 4. The lowest BCUT2D eigenvalue weighted by Crippen LogP contribution is -2.25. The minimum atomic E-state index is 0. The molecule has 0 fully saturated rings. The molecule has 0 unspecified atom stereocenters. The molecule has 0 aliphatic carbocycles. The molecular formula is C21H50N4. The van der Waals surface area contributed by atoms with Crippen molar-refractivity contribution in [2.75, 3.05) is 52.4 Å². The van der Waals surface area contributed by atoms with E-state index in [-0.39, 0.29) is 7.43 Å². The maximum atomic E-state index is 3.54. The topological polar surface area (TPSA) is 48.1 Å². The lowest BCUT2D eigenvalue weighted by molar-refractivity contribution is 0.513. The smallest absolute Gasteiger partial charge is 0.00368 e. The maximum Gasteiger partial charge on any atom is -0.00368 e. The Kier molecular flexibility index (Phi) is 23.7. The molecule has 0 saturated carbocycles. The molecule has 0 saturated heterocycles. The SMILES string of the molecule is C.CC(C)CCNCCCNCCCCNCCCNCCC(C)C. The van der Waals surface area contributed by atoms with Crippen LogP contribution in [-0.4, -0.2) is 52.4 Å². The second kappa shape index (κ2) is 21.9. The van der Waals surface area contributed by atoms with Gasteiger partial charge in [0.15, 0.2) is 0 Å². The number of rotatable bonds is 19. The highest BCUT2D eigenvalue weighted by Gasteiger charge is 1.95. The van der Waals surface area contributed by atoms with Crippen LogP contribution in [0, 0.1) is 11.8 Å². The van der Waals surface area contributed by atoms with Gasteiger partial charge in [-0.25, -0.2) is 0 Å². The van der Waals surface area contributed by atoms with Crippen LogP contribution in [0.15, 0.2) is 0 Å². The first-order chi connectivity index (χ1) is 11.6. The molecule has 0 radical (unpaired) electrons. The van der Waals surface area contributed by atoms with Crippen LogP contribution in [0.5, 0.6) is 0 Å². The van der Waals surface area contributed by atoms with Gasteiger partial charge in [0, 0.05) is 0 Å². The Morgan fingerprint density at radius 1 is 0.440 bits per heavy atom. The van der Waals surface area contributed by atoms with E-state index < -0.39 is 0 Å². The second-order valence-electron chi connectivity index (χ2n) is 7.78. The zero-order valence-corrected chi connectivity index (χ0v) is 17.1. The van der Waals surface area contributed by atoms with Crippen molar-refractivity contribution in [1.82, 2.24) is 21.3 Å². The van der Waals surface area contributed by atoms with Crippen LogP contribution in [0.4, 0.5) is 0 Å². The minimum absolute atomic E-state index is 0. The average molecular weight is 359 g/mol. The molecule has 4 nitrogen and oxygen atoms in total. The van der Waals surface area contributed by atoms with E-state index in [1.54, 1.807) is 0 Å². The van der Waals surface area contributed by atoms with Crippen molar-refractivity contribution in [3.8, 4) is 0 Å². The molecule has 0 atom stereocenters. The molecule has 4 heteroatoms. The third kappa shape index (κ3) is 26.2. The summed E-state index contributed by atoms with van der Waals surface area (Å²) < 4.78 is 0. The van der Waals surface area contributed by atoms with Crippen LogP contribution in [-0.2, 0) is 0 Å². The molecule has 25 heavy (non-hydrogen) atoms. The summed E-state index contributed by atoms with van der Waals surface area (Å²) >= 11 is 0. The molecule has 0 aromatic heterocycles. The van der Waals surface area contributed by atoms with Gasteiger partial charge in [-0.2, -0.15) is 0 Å². The average Bonchev–Trinajstić information content (AvgIpc) is 2.53. The summed E-state index contributed by atoms with van der Waals surface area (Å²) in [4.78, 5) is 0. The number of hydrogen-bond donors (Lipinski definition) is 4. The van der Waals surface area contributed by atoms with Gasteiger partial charge < -0.3 is 21.3 Å². The molecule has 0 aromatic carbocycles. The van der Waals surface area contributed by atoms with Crippen molar-refractivity contribution in [2.24, 2.45) is 11.8 Å². The standard InChI is InChI=1S/C20H46N4.CH4/c1-19(2)9-17-23-15-7-13-21-11-5-6-12-22-14-8-16-24-18-10-20(3)4;/h19-24H,5-18H2,1-4H3;1H4. The van der Waals surface area contributed by atoms with Gasteiger partial charge in [-0.15, -0.1) is 0 Å². The molecule has 0 amide bonds. The van der Waals surface area contributed by atoms with Gasteiger partial charge in [-0.05, 0) is 103 Å². The molecule has 0 spiro atoms. The van der Waals surface area contributed by atoms with Crippen LogP contribution in [0.3, 0.4) is 0 Å². The normalized spacial score (nSPS) is 11.3. The van der Waals surface area contributed by atoms with E-state index in [4.69, 9.17) is 0 Å². The highest BCUT2D eigenvalue weighted by molar-refractivity contribution is 4.56. The fraction of sp³-hybridized carbons (Fsp3) is 1.00. The minimum Gasteiger partial charge on any atom is -0.317 e. The fourth-order valence-corrected chi connectivity index (χ4v) is 2.46. The molecule has 154 valence electrons. The van der Waals surface area contributed by atoms with E-state index >= 15 is 0 Å². The van der Waals surface area contributed by atoms with E-state index in [0.717, 1.165) is 64.2 Å². The van der Waals surface area contributed by atoms with Gasteiger partial charge in [0.05, 0.1) is 0 Å². The summed E-state index contributed by atoms with van der Waals surface area (Å²) in [5.41, 5.74) is 0. The first-order valence-corrected chi connectivity index (χ1v) is 10.5. The fourth-order valence-electron chi connectivity index (χ4n) is 2.46. The molecule has 0 aromatic rings. The van der Waals surface area contributed by atoms with Crippen LogP contribution in [0.25, 0.3) is 0 Å². The summed E-state index contributed by atoms with van der Waals surface area (Å²) in [5, 5.41) is 14.1. The van der Waals surface area contributed by atoms with Crippen molar-refractivity contribution in [2.45, 2.75) is 73.6 Å². The number of hydrogen-bond acceptors (Lipinski definition) is 4. The summed E-state index contributed by atoms with van der Waals surface area (Å²) in [6, 6.07) is 0. The highest BCUT2D eigenvalue weighted by atomic mass is 14.9. The third-order valence-corrected chi connectivity index (χ3v) is 4.17. The lowest BCUT2D eigenvalue weighted by atomic mass is 10.1. The maximum absolute atomic E-state index is 3.54. The first-order valence-electron chi connectivity index (χ1n) is 10.5. The van der Waals surface area contributed by atoms with E-state index in [1.165, 1.54) is 38.5 Å². The number of unbranched alkanes of at least 4 members (excludes halogenated alkanes) is 1. The van der Waals surface area contributed by atoms with E-state index in [1.807, 2.05) is 0 Å². The predicted octanol–water partition coefficient (Wildman–Crippen LogP) is 3.63. The van der Waals surface area contributed by atoms with E-state index in [0.29, 0.717) is 0 Å². The van der Waals surface area contributed by atoms with Crippen LogP contribution < -0.4 is 21.3 Å². The van der Waals surface area contributed by atoms with Crippen LogP contribution >= 0.6 is 0 Å². The van der Waals surface area contributed by atoms with Crippen LogP contribution in [0.2, 0.25) is 0 Å². The summed E-state index contributed by atoms with van der Waals surface area (Å²) in [5.74, 6) is 1.62. The Bertz CT molecular complexity index is 208. The predicted molar refractivity (Wildman–Crippen MR) is 116 cm³/mol. The zero-order chi connectivity index (χ0) is 17.9. The van der Waals surface area contributed by atoms with Crippen molar-refractivity contribution < 1.29 is 0 Å². The molecule has 0 rings (SSSR count). The molecule has 0 heterocycles. The molecule has 0 bridgehead atoms. The Morgan fingerprint density at radius 3 is 1.04 bits per heavy atom. The summed E-state index contributed by atoms with van der Waals surface area (Å²) in [7, 11) is 0. The van der Waals surface area contributed by atoms with Gasteiger partial charge in [-0.3, -0.25) is 0 Å². The van der Waals surface area contributed by atoms with E-state index in [9.17, 15) is 0 Å². The van der Waals surface area contributed by atoms with Gasteiger partial charge in [-0.1, -0.05) is 35.1 Å². The Balaban J connectivity index is 0. The zero-order valence-electron chi connectivity index (χ0n) is 17.1. The van der Waals surface area contributed by atoms with Gasteiger partial charge in [0.25, 0.3) is 0 Å². The largest absolute Gasteiger partial charge is 0.317 e.